The van der Waals surface area contributed by atoms with Gasteiger partial charge in [0.05, 0.1) is 6.20 Å². The molecule has 1 atom stereocenters. The number of aromatic nitrogens is 2. The summed E-state index contributed by atoms with van der Waals surface area (Å²) in [5.74, 6) is 0. The van der Waals surface area contributed by atoms with Gasteiger partial charge in [-0.1, -0.05) is 0 Å². The second-order valence-corrected chi connectivity index (χ2v) is 5.40. The van der Waals surface area contributed by atoms with E-state index in [9.17, 15) is 8.42 Å². The summed E-state index contributed by atoms with van der Waals surface area (Å²) in [4.78, 5) is 7.50. The smallest absolute Gasteiger partial charge is 0.259 e. The average Bonchev–Trinajstić information content (AvgIpc) is 2.81. The minimum Gasteiger partial charge on any atom is -0.313 e. The minimum atomic E-state index is -3.51. The van der Waals surface area contributed by atoms with E-state index in [4.69, 9.17) is 0 Å². The number of hydrogen-bond acceptors (Lipinski definition) is 5. The summed E-state index contributed by atoms with van der Waals surface area (Å²) in [6, 6.07) is 0.228. The monoisotopic (exact) mass is 278 g/mol. The molecule has 0 amide bonds. The molecule has 2 N–H and O–H groups in total. The molecule has 0 radical (unpaired) electrons. The zero-order valence-corrected chi connectivity index (χ0v) is 10.8. The molecule has 0 aromatic carbocycles. The van der Waals surface area contributed by atoms with E-state index < -0.39 is 10.0 Å². The molecule has 0 bridgehead atoms. The molecule has 2 rings (SSSR count). The molecule has 17 heavy (non-hydrogen) atoms. The van der Waals surface area contributed by atoms with Gasteiger partial charge in [-0.2, -0.15) is 0 Å². The van der Waals surface area contributed by atoms with E-state index >= 15 is 0 Å². The van der Waals surface area contributed by atoms with Gasteiger partial charge in [-0.15, -0.1) is 12.4 Å². The van der Waals surface area contributed by atoms with Gasteiger partial charge in [0.1, 0.15) is 0 Å². The average molecular weight is 279 g/mol. The van der Waals surface area contributed by atoms with E-state index in [1.54, 1.807) is 0 Å². The molecule has 0 aliphatic carbocycles. The van der Waals surface area contributed by atoms with Crippen LogP contribution >= 0.6 is 12.4 Å². The topological polar surface area (TPSA) is 84.0 Å². The van der Waals surface area contributed by atoms with Crippen LogP contribution in [0, 0.1) is 0 Å². The lowest BCUT2D eigenvalue weighted by molar-refractivity contribution is 0.548. The van der Waals surface area contributed by atoms with Crippen LogP contribution in [0.4, 0.5) is 0 Å². The second-order valence-electron chi connectivity index (χ2n) is 3.69. The highest BCUT2D eigenvalue weighted by atomic mass is 35.5. The molecule has 1 fully saturated rings. The van der Waals surface area contributed by atoms with Gasteiger partial charge in [0.25, 0.3) is 10.0 Å². The predicted octanol–water partition coefficient (Wildman–Crippen LogP) is -0.0713. The fraction of sp³-hybridized carbons (Fsp3) is 0.556. The van der Waals surface area contributed by atoms with Crippen LogP contribution in [0.2, 0.25) is 0 Å². The molecule has 1 aromatic heterocycles. The highest BCUT2D eigenvalue weighted by molar-refractivity contribution is 7.89. The van der Waals surface area contributed by atoms with Crippen molar-refractivity contribution in [2.45, 2.75) is 23.9 Å². The molecule has 0 saturated carbocycles. The third kappa shape index (κ3) is 3.88. The fourth-order valence-corrected chi connectivity index (χ4v) is 2.61. The van der Waals surface area contributed by atoms with Gasteiger partial charge in [0, 0.05) is 25.0 Å². The first-order valence-electron chi connectivity index (χ1n) is 5.17. The first-order valence-corrected chi connectivity index (χ1v) is 6.66. The lowest BCUT2D eigenvalue weighted by atomic mass is 10.2. The van der Waals surface area contributed by atoms with Crippen molar-refractivity contribution in [1.82, 2.24) is 20.0 Å². The number of rotatable bonds is 4. The molecule has 1 aliphatic heterocycles. The van der Waals surface area contributed by atoms with E-state index in [0.717, 1.165) is 19.4 Å². The van der Waals surface area contributed by atoms with Gasteiger partial charge in [-0.3, -0.25) is 4.98 Å². The Kier molecular flexibility index (Phi) is 5.26. The first-order chi connectivity index (χ1) is 7.68. The zero-order valence-electron chi connectivity index (χ0n) is 9.17. The lowest BCUT2D eigenvalue weighted by Gasteiger charge is -2.11. The maximum Gasteiger partial charge on any atom is 0.259 e. The van der Waals surface area contributed by atoms with Crippen molar-refractivity contribution in [3.63, 3.8) is 0 Å². The number of nitrogens with one attached hydrogen (secondary N) is 2. The molecular weight excluding hydrogens is 264 g/mol. The predicted molar refractivity (Wildman–Crippen MR) is 65.5 cm³/mol. The van der Waals surface area contributed by atoms with E-state index in [-0.39, 0.29) is 23.5 Å². The van der Waals surface area contributed by atoms with Crippen molar-refractivity contribution in [3.8, 4) is 0 Å². The molecule has 2 heterocycles. The number of halogens is 1. The Labute approximate surface area is 107 Å². The second kappa shape index (κ2) is 6.25. The molecule has 1 saturated heterocycles. The van der Waals surface area contributed by atoms with Crippen molar-refractivity contribution in [3.05, 3.63) is 18.6 Å². The van der Waals surface area contributed by atoms with E-state index in [1.165, 1.54) is 18.6 Å². The molecule has 6 nitrogen and oxygen atoms in total. The van der Waals surface area contributed by atoms with E-state index in [2.05, 4.69) is 20.0 Å². The Morgan fingerprint density at radius 1 is 1.47 bits per heavy atom. The van der Waals surface area contributed by atoms with Gasteiger partial charge in [-0.05, 0) is 19.4 Å². The van der Waals surface area contributed by atoms with Gasteiger partial charge in [0.2, 0.25) is 0 Å². The maximum atomic E-state index is 11.7. The summed E-state index contributed by atoms with van der Waals surface area (Å²) in [7, 11) is -3.51. The minimum absolute atomic E-state index is 0. The summed E-state index contributed by atoms with van der Waals surface area (Å²) in [5, 5.41) is 3.18. The normalized spacial score (nSPS) is 19.9. The van der Waals surface area contributed by atoms with Crippen molar-refractivity contribution in [2.24, 2.45) is 0 Å². The Bertz CT molecular complexity index is 434. The van der Waals surface area contributed by atoms with Gasteiger partial charge < -0.3 is 5.32 Å². The van der Waals surface area contributed by atoms with Crippen LogP contribution in [0.15, 0.2) is 23.6 Å². The van der Waals surface area contributed by atoms with Gasteiger partial charge in [0.15, 0.2) is 5.03 Å². The molecule has 1 aliphatic rings. The molecular formula is C9H15ClN4O2S. The Balaban J connectivity index is 0.00000144. The molecule has 96 valence electrons. The zero-order chi connectivity index (χ0) is 11.4. The summed E-state index contributed by atoms with van der Waals surface area (Å²) in [6.45, 7) is 1.36. The number of sulfonamides is 1. The SMILES string of the molecule is Cl.O=S(=O)(NCC1CCCN1)c1cnccn1. The van der Waals surface area contributed by atoms with Gasteiger partial charge in [-0.25, -0.2) is 18.1 Å². The molecule has 1 aromatic rings. The van der Waals surface area contributed by atoms with E-state index in [0.29, 0.717) is 6.54 Å². The Morgan fingerprint density at radius 2 is 2.29 bits per heavy atom. The summed E-state index contributed by atoms with van der Waals surface area (Å²) < 4.78 is 26.0. The quantitative estimate of drug-likeness (QED) is 0.805. The van der Waals surface area contributed by atoms with Crippen LogP contribution in [0.3, 0.4) is 0 Å². The lowest BCUT2D eigenvalue weighted by Crippen LogP contribution is -2.37. The van der Waals surface area contributed by atoms with Crippen LogP contribution in [0.5, 0.6) is 0 Å². The van der Waals surface area contributed by atoms with Crippen molar-refractivity contribution < 1.29 is 8.42 Å². The van der Waals surface area contributed by atoms with Crippen LogP contribution in [0.1, 0.15) is 12.8 Å². The van der Waals surface area contributed by atoms with Crippen LogP contribution in [-0.4, -0.2) is 37.5 Å². The Hall–Kier alpha value is -0.760. The fourth-order valence-electron chi connectivity index (χ4n) is 1.64. The largest absolute Gasteiger partial charge is 0.313 e. The van der Waals surface area contributed by atoms with Gasteiger partial charge >= 0.3 is 0 Å². The molecule has 0 spiro atoms. The van der Waals surface area contributed by atoms with Crippen LogP contribution in [-0.2, 0) is 10.0 Å². The van der Waals surface area contributed by atoms with Crippen molar-refractivity contribution in [1.29, 1.82) is 0 Å². The third-order valence-electron chi connectivity index (χ3n) is 2.50. The van der Waals surface area contributed by atoms with Crippen LogP contribution in [0.25, 0.3) is 0 Å². The summed E-state index contributed by atoms with van der Waals surface area (Å²) in [6.07, 6.45) is 6.14. The maximum absolute atomic E-state index is 11.7. The highest BCUT2D eigenvalue weighted by Crippen LogP contribution is 2.06. The van der Waals surface area contributed by atoms with Crippen molar-refractivity contribution >= 4 is 22.4 Å². The van der Waals surface area contributed by atoms with Crippen molar-refractivity contribution in [2.75, 3.05) is 13.1 Å². The first kappa shape index (κ1) is 14.3. The summed E-state index contributed by atoms with van der Waals surface area (Å²) >= 11 is 0. The number of nitrogens with zero attached hydrogens (tertiary/aromatic N) is 2. The molecule has 1 unspecified atom stereocenters. The third-order valence-corrected chi connectivity index (χ3v) is 3.81. The standard InChI is InChI=1S/C9H14N4O2S.ClH/c14-16(15,9-7-10-4-5-12-9)13-6-8-2-1-3-11-8;/h4-5,7-8,11,13H,1-3,6H2;1H. The highest BCUT2D eigenvalue weighted by Gasteiger charge is 2.19. The molecule has 8 heteroatoms. The van der Waals surface area contributed by atoms with Crippen LogP contribution < -0.4 is 10.0 Å². The summed E-state index contributed by atoms with van der Waals surface area (Å²) in [5.41, 5.74) is 0. The number of hydrogen-bond donors (Lipinski definition) is 2. The Morgan fingerprint density at radius 3 is 2.88 bits per heavy atom. The van der Waals surface area contributed by atoms with E-state index in [1.807, 2.05) is 0 Å².